The molecule has 0 saturated carbocycles. The molecule has 29 heavy (non-hydrogen) atoms. The molecule has 1 aromatic heterocycles. The summed E-state index contributed by atoms with van der Waals surface area (Å²) in [5.41, 5.74) is 2.03. The van der Waals surface area contributed by atoms with E-state index in [1.54, 1.807) is 18.3 Å². The second kappa shape index (κ2) is 7.65. The Morgan fingerprint density at radius 2 is 1.83 bits per heavy atom. The molecule has 3 heterocycles. The van der Waals surface area contributed by atoms with Crippen molar-refractivity contribution in [3.8, 4) is 0 Å². The molecule has 148 valence electrons. The zero-order chi connectivity index (χ0) is 19.8. The Morgan fingerprint density at radius 3 is 2.59 bits per heavy atom. The zero-order valence-electron chi connectivity index (χ0n) is 16.1. The molecule has 3 aromatic rings. The molecule has 0 amide bonds. The maximum absolute atomic E-state index is 14.7. The molecule has 0 radical (unpaired) electrons. The molecule has 2 aromatic carbocycles. The monoisotopic (exact) mass is 390 g/mol. The predicted octanol–water partition coefficient (Wildman–Crippen LogP) is 4.24. The van der Waals surface area contributed by atoms with E-state index in [2.05, 4.69) is 34.1 Å². The number of carbonyl (C=O) groups is 1. The van der Waals surface area contributed by atoms with Crippen molar-refractivity contribution in [1.82, 2.24) is 9.88 Å². The number of morpholine rings is 1. The molecule has 2 unspecified atom stereocenters. The lowest BCUT2D eigenvalue weighted by Gasteiger charge is -2.48. The fraction of sp³-hybridized carbons (Fsp3) is 0.333. The molecule has 2 bridgehead atoms. The van der Waals surface area contributed by atoms with Crippen molar-refractivity contribution in [2.45, 2.75) is 31.5 Å². The zero-order valence-corrected chi connectivity index (χ0v) is 16.1. The third-order valence-electron chi connectivity index (χ3n) is 6.21. The number of carbonyl (C=O) groups excluding carboxylic acids is 1. The Balaban J connectivity index is 1.38. The number of benzene rings is 2. The lowest BCUT2D eigenvalue weighted by molar-refractivity contribution is -0.0873. The van der Waals surface area contributed by atoms with Crippen LogP contribution in [-0.4, -0.2) is 41.0 Å². The summed E-state index contributed by atoms with van der Waals surface area (Å²) in [6, 6.07) is 17.4. The normalized spacial score (nSPS) is 24.5. The van der Waals surface area contributed by atoms with Gasteiger partial charge in [-0.05, 0) is 30.5 Å². The summed E-state index contributed by atoms with van der Waals surface area (Å²) in [4.78, 5) is 19.9. The Hall–Kier alpha value is -2.63. The van der Waals surface area contributed by atoms with E-state index >= 15 is 0 Å². The summed E-state index contributed by atoms with van der Waals surface area (Å²) in [5, 5.41) is 0.794. The van der Waals surface area contributed by atoms with Crippen LogP contribution in [0.2, 0.25) is 0 Å². The summed E-state index contributed by atoms with van der Waals surface area (Å²) < 4.78 is 20.5. The van der Waals surface area contributed by atoms with Crippen molar-refractivity contribution in [2.75, 3.05) is 13.2 Å². The van der Waals surface area contributed by atoms with Gasteiger partial charge in [-0.1, -0.05) is 36.4 Å². The van der Waals surface area contributed by atoms with E-state index in [9.17, 15) is 9.18 Å². The molecule has 2 aliphatic rings. The minimum absolute atomic E-state index is 0.0930. The van der Waals surface area contributed by atoms with Crippen molar-refractivity contribution < 1.29 is 13.9 Å². The molecule has 2 fully saturated rings. The van der Waals surface area contributed by atoms with Crippen LogP contribution < -0.4 is 0 Å². The standard InChI is InChI=1S/C24H23FN2O2/c25-22-12-23-17(7-4-8-26-23)11-21(22)24(28)18-9-19-14-29-15-20(10-18)27(19)13-16-5-2-1-3-6-16/h1-8,11-12,18-20H,9-10,13-15H2. The minimum Gasteiger partial charge on any atom is -0.378 e. The van der Waals surface area contributed by atoms with Crippen molar-refractivity contribution in [3.63, 3.8) is 0 Å². The molecule has 5 rings (SSSR count). The molecule has 4 nitrogen and oxygen atoms in total. The number of ether oxygens (including phenoxy) is 1. The van der Waals surface area contributed by atoms with E-state index in [4.69, 9.17) is 4.74 Å². The van der Waals surface area contributed by atoms with E-state index in [1.165, 1.54) is 11.6 Å². The van der Waals surface area contributed by atoms with Crippen LogP contribution in [-0.2, 0) is 11.3 Å². The van der Waals surface area contributed by atoms with Gasteiger partial charge in [-0.2, -0.15) is 0 Å². The van der Waals surface area contributed by atoms with Crippen LogP contribution in [0.1, 0.15) is 28.8 Å². The average molecular weight is 390 g/mol. The molecule has 0 spiro atoms. The van der Waals surface area contributed by atoms with Crippen LogP contribution in [0.3, 0.4) is 0 Å². The first-order valence-electron chi connectivity index (χ1n) is 10.1. The van der Waals surface area contributed by atoms with Gasteiger partial charge in [0.05, 0.1) is 24.3 Å². The molecule has 0 aliphatic carbocycles. The predicted molar refractivity (Wildman–Crippen MR) is 109 cm³/mol. The average Bonchev–Trinajstić information content (AvgIpc) is 2.73. The molecule has 5 heteroatoms. The summed E-state index contributed by atoms with van der Waals surface area (Å²) in [6.07, 6.45) is 3.03. The van der Waals surface area contributed by atoms with Crippen LogP contribution in [0.15, 0.2) is 60.8 Å². The smallest absolute Gasteiger partial charge is 0.169 e. The van der Waals surface area contributed by atoms with Gasteiger partial charge in [0, 0.05) is 42.2 Å². The van der Waals surface area contributed by atoms with E-state index in [0.717, 1.165) is 11.9 Å². The second-order valence-corrected chi connectivity index (χ2v) is 8.06. The maximum atomic E-state index is 14.7. The summed E-state index contributed by atoms with van der Waals surface area (Å²) >= 11 is 0. The highest BCUT2D eigenvalue weighted by Crippen LogP contribution is 2.35. The number of Topliss-reactive ketones (excluding diaryl/α,β-unsaturated/α-hetero) is 1. The number of piperidine rings is 1. The van der Waals surface area contributed by atoms with Gasteiger partial charge in [-0.15, -0.1) is 0 Å². The van der Waals surface area contributed by atoms with Gasteiger partial charge in [-0.3, -0.25) is 14.7 Å². The number of hydrogen-bond donors (Lipinski definition) is 0. The third-order valence-corrected chi connectivity index (χ3v) is 6.21. The highest BCUT2D eigenvalue weighted by molar-refractivity contribution is 6.01. The summed E-state index contributed by atoms with van der Waals surface area (Å²) in [7, 11) is 0. The van der Waals surface area contributed by atoms with Crippen LogP contribution in [0.5, 0.6) is 0 Å². The van der Waals surface area contributed by atoms with Gasteiger partial charge >= 0.3 is 0 Å². The lowest BCUT2D eigenvalue weighted by Crippen LogP contribution is -2.57. The Morgan fingerprint density at radius 1 is 1.07 bits per heavy atom. The van der Waals surface area contributed by atoms with Crippen molar-refractivity contribution in [1.29, 1.82) is 0 Å². The first kappa shape index (κ1) is 18.4. The Bertz CT molecular complexity index is 1030. The van der Waals surface area contributed by atoms with E-state index < -0.39 is 5.82 Å². The number of hydrogen-bond acceptors (Lipinski definition) is 4. The summed E-state index contributed by atoms with van der Waals surface area (Å²) in [5.74, 6) is -0.747. The second-order valence-electron chi connectivity index (χ2n) is 8.06. The van der Waals surface area contributed by atoms with E-state index in [0.29, 0.717) is 31.6 Å². The number of rotatable bonds is 4. The van der Waals surface area contributed by atoms with Crippen LogP contribution in [0.25, 0.3) is 10.9 Å². The lowest BCUT2D eigenvalue weighted by atomic mass is 9.80. The molecular weight excluding hydrogens is 367 g/mol. The summed E-state index contributed by atoms with van der Waals surface area (Å²) in [6.45, 7) is 2.10. The van der Waals surface area contributed by atoms with Gasteiger partial charge < -0.3 is 4.74 Å². The van der Waals surface area contributed by atoms with Gasteiger partial charge in [-0.25, -0.2) is 4.39 Å². The molecule has 0 N–H and O–H groups in total. The Kier molecular flexibility index (Phi) is 4.86. The molecule has 2 aliphatic heterocycles. The van der Waals surface area contributed by atoms with Crippen LogP contribution >= 0.6 is 0 Å². The van der Waals surface area contributed by atoms with Crippen molar-refractivity contribution >= 4 is 16.7 Å². The topological polar surface area (TPSA) is 42.4 Å². The third kappa shape index (κ3) is 3.56. The highest BCUT2D eigenvalue weighted by Gasteiger charge is 2.41. The Labute approximate surface area is 169 Å². The largest absolute Gasteiger partial charge is 0.378 e. The number of pyridine rings is 1. The minimum atomic E-state index is -0.477. The van der Waals surface area contributed by atoms with Crippen LogP contribution in [0, 0.1) is 11.7 Å². The van der Waals surface area contributed by atoms with Gasteiger partial charge in [0.2, 0.25) is 0 Å². The van der Waals surface area contributed by atoms with E-state index in [-0.39, 0.29) is 29.3 Å². The number of fused-ring (bicyclic) bond motifs is 3. The number of ketones is 1. The van der Waals surface area contributed by atoms with E-state index in [1.807, 2.05) is 12.1 Å². The maximum Gasteiger partial charge on any atom is 0.169 e. The number of nitrogens with zero attached hydrogens (tertiary/aromatic N) is 2. The first-order chi connectivity index (χ1) is 14.2. The van der Waals surface area contributed by atoms with Crippen molar-refractivity contribution in [2.24, 2.45) is 5.92 Å². The van der Waals surface area contributed by atoms with Gasteiger partial charge in [0.1, 0.15) is 5.82 Å². The number of halogens is 1. The van der Waals surface area contributed by atoms with Gasteiger partial charge in [0.15, 0.2) is 5.78 Å². The molecular formula is C24H23FN2O2. The fourth-order valence-corrected chi connectivity index (χ4v) is 4.76. The quantitative estimate of drug-likeness (QED) is 0.625. The highest BCUT2D eigenvalue weighted by atomic mass is 19.1. The molecule has 2 saturated heterocycles. The first-order valence-corrected chi connectivity index (χ1v) is 10.1. The van der Waals surface area contributed by atoms with Crippen molar-refractivity contribution in [3.05, 3.63) is 77.7 Å². The molecule has 2 atom stereocenters. The SMILES string of the molecule is O=C(c1cc2cccnc2cc1F)C1CC2COCC(C1)N2Cc1ccccc1. The van der Waals surface area contributed by atoms with Crippen LogP contribution in [0.4, 0.5) is 4.39 Å². The number of aromatic nitrogens is 1. The fourth-order valence-electron chi connectivity index (χ4n) is 4.76. The van der Waals surface area contributed by atoms with Gasteiger partial charge in [0.25, 0.3) is 0 Å².